The molecule has 1 aromatic carbocycles. The first-order valence-electron chi connectivity index (χ1n) is 6.98. The second-order valence-electron chi connectivity index (χ2n) is 4.60. The number of nitrogens with zero attached hydrogens (tertiary/aromatic N) is 3. The minimum Gasteiger partial charge on any atom is -0.493 e. The van der Waals surface area contributed by atoms with Crippen molar-refractivity contribution >= 4 is 44.2 Å². The molecule has 0 N–H and O–H groups in total. The molecule has 0 unspecified atom stereocenters. The molecule has 0 radical (unpaired) electrons. The first kappa shape index (κ1) is 16.0. The van der Waals surface area contributed by atoms with Gasteiger partial charge in [-0.25, -0.2) is 0 Å². The van der Waals surface area contributed by atoms with Crippen molar-refractivity contribution < 1.29 is 9.47 Å². The quantitative estimate of drug-likeness (QED) is 0.546. The number of thioether (sulfide) groups is 1. The van der Waals surface area contributed by atoms with Crippen molar-refractivity contribution in [3.8, 4) is 5.75 Å². The average molecular weight is 402 g/mol. The molecule has 5 nitrogen and oxygen atoms in total. The molecule has 1 aliphatic rings. The highest BCUT2D eigenvalue weighted by atomic mass is 79.9. The Balaban J connectivity index is 1.42. The second-order valence-corrected chi connectivity index (χ2v) is 7.81. The lowest BCUT2D eigenvalue weighted by Gasteiger charge is -2.25. The van der Waals surface area contributed by atoms with E-state index in [0.29, 0.717) is 6.61 Å². The van der Waals surface area contributed by atoms with E-state index in [1.54, 1.807) is 23.1 Å². The smallest absolute Gasteiger partial charge is 0.209 e. The maximum absolute atomic E-state index is 5.69. The molecule has 0 saturated carbocycles. The van der Waals surface area contributed by atoms with E-state index < -0.39 is 0 Å². The molecule has 1 aliphatic heterocycles. The van der Waals surface area contributed by atoms with Crippen molar-refractivity contribution in [3.63, 3.8) is 0 Å². The van der Waals surface area contributed by atoms with Crippen LogP contribution in [-0.2, 0) is 4.74 Å². The predicted octanol–water partition coefficient (Wildman–Crippen LogP) is 3.31. The van der Waals surface area contributed by atoms with Gasteiger partial charge in [0.05, 0.1) is 19.8 Å². The summed E-state index contributed by atoms with van der Waals surface area (Å²) in [5.74, 6) is 1.74. The number of ether oxygens (including phenoxy) is 2. The van der Waals surface area contributed by atoms with Crippen LogP contribution in [0.1, 0.15) is 0 Å². The van der Waals surface area contributed by atoms with Crippen molar-refractivity contribution in [2.75, 3.05) is 43.6 Å². The van der Waals surface area contributed by atoms with E-state index in [1.165, 1.54) is 0 Å². The summed E-state index contributed by atoms with van der Waals surface area (Å²) in [6.45, 7) is 3.98. The number of anilines is 1. The van der Waals surface area contributed by atoms with Gasteiger partial charge in [0.25, 0.3) is 0 Å². The Kier molecular flexibility index (Phi) is 5.94. The third kappa shape index (κ3) is 4.58. The van der Waals surface area contributed by atoms with Crippen LogP contribution in [0.25, 0.3) is 0 Å². The minimum absolute atomic E-state index is 0.652. The molecular weight excluding hydrogens is 386 g/mol. The van der Waals surface area contributed by atoms with E-state index in [9.17, 15) is 0 Å². The summed E-state index contributed by atoms with van der Waals surface area (Å²) in [6, 6.07) is 7.86. The van der Waals surface area contributed by atoms with Crippen molar-refractivity contribution in [1.29, 1.82) is 0 Å². The van der Waals surface area contributed by atoms with E-state index in [4.69, 9.17) is 9.47 Å². The lowest BCUT2D eigenvalue weighted by atomic mass is 10.3. The maximum atomic E-state index is 5.69. The summed E-state index contributed by atoms with van der Waals surface area (Å²) >= 11 is 6.72. The Labute approximate surface area is 146 Å². The van der Waals surface area contributed by atoms with Gasteiger partial charge in [-0.2, -0.15) is 0 Å². The Bertz CT molecular complexity index is 588. The molecule has 3 rings (SSSR count). The summed E-state index contributed by atoms with van der Waals surface area (Å²) in [5.41, 5.74) is 0. The number of rotatable bonds is 6. The molecular formula is C14H16BrN3O2S2. The van der Waals surface area contributed by atoms with E-state index in [-0.39, 0.29) is 0 Å². The van der Waals surface area contributed by atoms with Crippen LogP contribution in [0.5, 0.6) is 5.75 Å². The number of benzene rings is 1. The highest BCUT2D eigenvalue weighted by molar-refractivity contribution is 9.10. The van der Waals surface area contributed by atoms with Crippen LogP contribution in [0.2, 0.25) is 0 Å². The van der Waals surface area contributed by atoms with E-state index in [2.05, 4.69) is 31.0 Å². The highest BCUT2D eigenvalue weighted by Crippen LogP contribution is 2.28. The normalized spacial score (nSPS) is 15.0. The number of aromatic nitrogens is 2. The van der Waals surface area contributed by atoms with Crippen LogP contribution in [-0.4, -0.2) is 48.9 Å². The van der Waals surface area contributed by atoms with Gasteiger partial charge in [-0.1, -0.05) is 39.0 Å². The van der Waals surface area contributed by atoms with Crippen LogP contribution in [0.4, 0.5) is 5.13 Å². The molecule has 1 aromatic heterocycles. The standard InChI is InChI=1S/C14H16BrN3O2S2/c15-11-1-3-12(4-2-11)20-9-10-21-14-17-16-13(22-14)18-5-7-19-8-6-18/h1-4H,5-10H2. The van der Waals surface area contributed by atoms with Crippen LogP contribution < -0.4 is 9.64 Å². The zero-order chi connectivity index (χ0) is 15.2. The Morgan fingerprint density at radius 1 is 1.23 bits per heavy atom. The molecule has 1 saturated heterocycles. The Morgan fingerprint density at radius 2 is 2.00 bits per heavy atom. The fourth-order valence-electron chi connectivity index (χ4n) is 1.96. The monoisotopic (exact) mass is 401 g/mol. The van der Waals surface area contributed by atoms with Gasteiger partial charge in [0.1, 0.15) is 5.75 Å². The molecule has 118 valence electrons. The fraction of sp³-hybridized carbons (Fsp3) is 0.429. The molecule has 0 atom stereocenters. The van der Waals surface area contributed by atoms with Gasteiger partial charge in [-0.15, -0.1) is 10.2 Å². The molecule has 1 fully saturated rings. The number of halogens is 1. The number of hydrogen-bond acceptors (Lipinski definition) is 7. The van der Waals surface area contributed by atoms with Crippen molar-refractivity contribution in [1.82, 2.24) is 10.2 Å². The predicted molar refractivity (Wildman–Crippen MR) is 93.3 cm³/mol. The summed E-state index contributed by atoms with van der Waals surface area (Å²) in [4.78, 5) is 2.23. The van der Waals surface area contributed by atoms with E-state index >= 15 is 0 Å². The van der Waals surface area contributed by atoms with Crippen LogP contribution >= 0.6 is 39.0 Å². The van der Waals surface area contributed by atoms with Crippen LogP contribution in [0.3, 0.4) is 0 Å². The lowest BCUT2D eigenvalue weighted by molar-refractivity contribution is 0.122. The van der Waals surface area contributed by atoms with Gasteiger partial charge in [-0.05, 0) is 24.3 Å². The molecule has 2 heterocycles. The van der Waals surface area contributed by atoms with E-state index in [0.717, 1.165) is 51.7 Å². The van der Waals surface area contributed by atoms with Gasteiger partial charge in [0.15, 0.2) is 4.34 Å². The SMILES string of the molecule is Brc1ccc(OCCSc2nnc(N3CCOCC3)s2)cc1. The highest BCUT2D eigenvalue weighted by Gasteiger charge is 2.15. The van der Waals surface area contributed by atoms with Crippen molar-refractivity contribution in [2.45, 2.75) is 4.34 Å². The van der Waals surface area contributed by atoms with Gasteiger partial charge in [0, 0.05) is 23.3 Å². The van der Waals surface area contributed by atoms with Crippen LogP contribution in [0, 0.1) is 0 Å². The lowest BCUT2D eigenvalue weighted by Crippen LogP contribution is -2.36. The Morgan fingerprint density at radius 3 is 2.77 bits per heavy atom. The summed E-state index contributed by atoms with van der Waals surface area (Å²) in [6.07, 6.45) is 0. The van der Waals surface area contributed by atoms with Crippen molar-refractivity contribution in [2.24, 2.45) is 0 Å². The largest absolute Gasteiger partial charge is 0.493 e. The zero-order valence-corrected chi connectivity index (χ0v) is 15.1. The van der Waals surface area contributed by atoms with E-state index in [1.807, 2.05) is 24.3 Å². The summed E-state index contributed by atoms with van der Waals surface area (Å²) in [7, 11) is 0. The maximum Gasteiger partial charge on any atom is 0.209 e. The summed E-state index contributed by atoms with van der Waals surface area (Å²) in [5, 5.41) is 9.48. The first-order valence-corrected chi connectivity index (χ1v) is 9.58. The topological polar surface area (TPSA) is 47.5 Å². The summed E-state index contributed by atoms with van der Waals surface area (Å²) < 4.78 is 13.1. The second kappa shape index (κ2) is 8.14. The molecule has 2 aromatic rings. The average Bonchev–Trinajstić information content (AvgIpc) is 3.03. The number of morpholine rings is 1. The van der Waals surface area contributed by atoms with Crippen molar-refractivity contribution in [3.05, 3.63) is 28.7 Å². The third-order valence-corrected chi connectivity index (χ3v) is 5.68. The minimum atomic E-state index is 0.652. The zero-order valence-electron chi connectivity index (χ0n) is 11.9. The molecule has 0 spiro atoms. The van der Waals surface area contributed by atoms with Gasteiger partial charge in [-0.3, -0.25) is 0 Å². The third-order valence-electron chi connectivity index (χ3n) is 3.07. The molecule has 8 heteroatoms. The molecule has 0 amide bonds. The van der Waals surface area contributed by atoms with Gasteiger partial charge >= 0.3 is 0 Å². The fourth-order valence-corrected chi connectivity index (χ4v) is 4.01. The molecule has 22 heavy (non-hydrogen) atoms. The number of hydrogen-bond donors (Lipinski definition) is 0. The van der Waals surface area contributed by atoms with Crippen LogP contribution in [0.15, 0.2) is 33.1 Å². The van der Waals surface area contributed by atoms with Gasteiger partial charge in [0.2, 0.25) is 5.13 Å². The first-order chi connectivity index (χ1) is 10.8. The Hall–Kier alpha value is -0.830. The molecule has 0 aliphatic carbocycles. The van der Waals surface area contributed by atoms with Gasteiger partial charge < -0.3 is 14.4 Å². The molecule has 0 bridgehead atoms.